The highest BCUT2D eigenvalue weighted by atomic mass is 16.5. The van der Waals surface area contributed by atoms with Crippen molar-refractivity contribution in [2.75, 3.05) is 6.61 Å². The lowest BCUT2D eigenvalue weighted by molar-refractivity contribution is 0.0459. The van der Waals surface area contributed by atoms with Crippen LogP contribution in [-0.4, -0.2) is 12.6 Å². The summed E-state index contributed by atoms with van der Waals surface area (Å²) in [7, 11) is 0. The van der Waals surface area contributed by atoms with E-state index in [9.17, 15) is 4.79 Å². The predicted octanol–water partition coefficient (Wildman–Crippen LogP) is 7.68. The van der Waals surface area contributed by atoms with Gasteiger partial charge >= 0.3 is 5.97 Å². The molecule has 1 unspecified atom stereocenters. The van der Waals surface area contributed by atoms with Crippen LogP contribution >= 0.6 is 0 Å². The highest BCUT2D eigenvalue weighted by Crippen LogP contribution is 2.34. The molecule has 2 nitrogen and oxygen atoms in total. The number of carbonyl (C=O) groups is 1. The molecular weight excluding hydrogens is 356 g/mol. The second-order valence-electron chi connectivity index (χ2n) is 8.75. The minimum absolute atomic E-state index is 0.133. The van der Waals surface area contributed by atoms with Gasteiger partial charge in [-0.1, -0.05) is 74.6 Å². The lowest BCUT2D eigenvalue weighted by Gasteiger charge is -2.26. The van der Waals surface area contributed by atoms with Crippen LogP contribution in [0.15, 0.2) is 41.5 Å². The SMILES string of the molecule is CCCCC(=CCc1cccc2c1C(=O)OCC2C=C1CCCCC1)CCCC. The second kappa shape index (κ2) is 11.4. The van der Waals surface area contributed by atoms with Crippen LogP contribution in [0, 0.1) is 0 Å². The van der Waals surface area contributed by atoms with Crippen LogP contribution in [0.5, 0.6) is 0 Å². The average Bonchev–Trinajstić information content (AvgIpc) is 2.76. The van der Waals surface area contributed by atoms with E-state index in [1.54, 1.807) is 11.1 Å². The Morgan fingerprint density at radius 2 is 1.79 bits per heavy atom. The number of allylic oxidation sites excluding steroid dienone is 3. The molecule has 29 heavy (non-hydrogen) atoms. The van der Waals surface area contributed by atoms with Crippen LogP contribution in [0.25, 0.3) is 0 Å². The van der Waals surface area contributed by atoms with Gasteiger partial charge < -0.3 is 4.74 Å². The first kappa shape index (κ1) is 21.9. The van der Waals surface area contributed by atoms with E-state index in [2.05, 4.69) is 44.2 Å². The van der Waals surface area contributed by atoms with E-state index in [0.717, 1.165) is 17.5 Å². The van der Waals surface area contributed by atoms with Crippen molar-refractivity contribution in [3.8, 4) is 0 Å². The van der Waals surface area contributed by atoms with Gasteiger partial charge in [0.05, 0.1) is 5.56 Å². The Kier molecular flexibility index (Phi) is 8.58. The molecule has 0 bridgehead atoms. The van der Waals surface area contributed by atoms with Crippen molar-refractivity contribution in [2.24, 2.45) is 0 Å². The van der Waals surface area contributed by atoms with E-state index in [1.165, 1.54) is 76.2 Å². The monoisotopic (exact) mass is 394 g/mol. The summed E-state index contributed by atoms with van der Waals surface area (Å²) >= 11 is 0. The summed E-state index contributed by atoms with van der Waals surface area (Å²) in [5.74, 6) is 0.0883. The molecule has 2 heteroatoms. The van der Waals surface area contributed by atoms with Gasteiger partial charge in [0.25, 0.3) is 0 Å². The molecule has 1 aliphatic carbocycles. The van der Waals surface area contributed by atoms with E-state index in [4.69, 9.17) is 4.74 Å². The molecular formula is C27H38O2. The van der Waals surface area contributed by atoms with Crippen molar-refractivity contribution in [3.05, 3.63) is 58.2 Å². The molecule has 1 fully saturated rings. The summed E-state index contributed by atoms with van der Waals surface area (Å²) < 4.78 is 5.63. The summed E-state index contributed by atoms with van der Waals surface area (Å²) in [6.07, 6.45) is 19.3. The van der Waals surface area contributed by atoms with Crippen LogP contribution in [0.3, 0.4) is 0 Å². The van der Waals surface area contributed by atoms with E-state index >= 15 is 0 Å². The Balaban J connectivity index is 1.82. The molecule has 1 atom stereocenters. The van der Waals surface area contributed by atoms with E-state index in [0.29, 0.717) is 6.61 Å². The zero-order valence-corrected chi connectivity index (χ0v) is 18.5. The molecule has 0 N–H and O–H groups in total. The third-order valence-electron chi connectivity index (χ3n) is 6.43. The molecule has 0 aromatic heterocycles. The highest BCUT2D eigenvalue weighted by Gasteiger charge is 2.28. The quantitative estimate of drug-likeness (QED) is 0.317. The minimum atomic E-state index is -0.133. The molecule has 0 saturated heterocycles. The standard InChI is InChI=1S/C27H38O2/c1-3-5-11-21(12-6-4-2)17-18-23-15-10-16-25-24(20-29-27(28)26(23)25)19-22-13-8-7-9-14-22/h10,15-17,19,24H,3-9,11-14,18,20H2,1-2H3. The van der Waals surface area contributed by atoms with Crippen LogP contribution in [0.1, 0.15) is 112 Å². The van der Waals surface area contributed by atoms with Crippen LogP contribution in [0.4, 0.5) is 0 Å². The van der Waals surface area contributed by atoms with E-state index < -0.39 is 0 Å². The molecule has 0 spiro atoms. The van der Waals surface area contributed by atoms with Crippen molar-refractivity contribution >= 4 is 5.97 Å². The molecule has 1 aromatic rings. The molecule has 1 aliphatic heterocycles. The van der Waals surface area contributed by atoms with E-state index in [-0.39, 0.29) is 11.9 Å². The molecule has 1 heterocycles. The molecule has 1 aromatic carbocycles. The Morgan fingerprint density at radius 3 is 2.48 bits per heavy atom. The van der Waals surface area contributed by atoms with Gasteiger partial charge in [-0.3, -0.25) is 0 Å². The highest BCUT2D eigenvalue weighted by molar-refractivity contribution is 5.94. The van der Waals surface area contributed by atoms with Crippen molar-refractivity contribution < 1.29 is 9.53 Å². The third kappa shape index (κ3) is 6.07. The maximum Gasteiger partial charge on any atom is 0.338 e. The number of benzene rings is 1. The van der Waals surface area contributed by atoms with Crippen molar-refractivity contribution in [1.29, 1.82) is 0 Å². The van der Waals surface area contributed by atoms with Gasteiger partial charge in [-0.25, -0.2) is 4.79 Å². The predicted molar refractivity (Wildman–Crippen MR) is 121 cm³/mol. The molecule has 3 rings (SSSR count). The van der Waals surface area contributed by atoms with E-state index in [1.807, 2.05) is 0 Å². The zero-order valence-electron chi connectivity index (χ0n) is 18.5. The number of rotatable bonds is 9. The fourth-order valence-electron chi connectivity index (χ4n) is 4.66. The normalized spacial score (nSPS) is 18.8. The molecule has 158 valence electrons. The number of hydrogen-bond acceptors (Lipinski definition) is 2. The number of hydrogen-bond donors (Lipinski definition) is 0. The third-order valence-corrected chi connectivity index (χ3v) is 6.43. The van der Waals surface area contributed by atoms with Gasteiger partial charge in [0.1, 0.15) is 6.61 Å². The number of ether oxygens (including phenoxy) is 1. The number of carbonyl (C=O) groups excluding carboxylic acids is 1. The lowest BCUT2D eigenvalue weighted by atomic mass is 9.85. The number of cyclic esters (lactones) is 1. The smallest absolute Gasteiger partial charge is 0.338 e. The topological polar surface area (TPSA) is 26.3 Å². The average molecular weight is 395 g/mol. The Morgan fingerprint density at radius 1 is 1.07 bits per heavy atom. The first-order valence-electron chi connectivity index (χ1n) is 11.9. The van der Waals surface area contributed by atoms with Gasteiger partial charge in [0.2, 0.25) is 0 Å². The number of esters is 1. The Labute approximate surface area is 177 Å². The van der Waals surface area contributed by atoms with Crippen LogP contribution in [0.2, 0.25) is 0 Å². The van der Waals surface area contributed by atoms with Gasteiger partial charge in [-0.15, -0.1) is 0 Å². The van der Waals surface area contributed by atoms with Crippen molar-refractivity contribution in [1.82, 2.24) is 0 Å². The zero-order chi connectivity index (χ0) is 20.5. The summed E-state index contributed by atoms with van der Waals surface area (Å²) in [4.78, 5) is 12.7. The molecule has 1 saturated carbocycles. The summed E-state index contributed by atoms with van der Waals surface area (Å²) in [5, 5.41) is 0. The molecule has 2 aliphatic rings. The molecule has 0 amide bonds. The minimum Gasteiger partial charge on any atom is -0.461 e. The maximum absolute atomic E-state index is 12.7. The van der Waals surface area contributed by atoms with Crippen LogP contribution in [-0.2, 0) is 11.2 Å². The first-order valence-corrected chi connectivity index (χ1v) is 11.9. The van der Waals surface area contributed by atoms with Crippen molar-refractivity contribution in [2.45, 2.75) is 96.8 Å². The largest absolute Gasteiger partial charge is 0.461 e. The Bertz CT molecular complexity index is 723. The second-order valence-corrected chi connectivity index (χ2v) is 8.75. The Hall–Kier alpha value is -1.83. The number of unbranched alkanes of at least 4 members (excludes halogenated alkanes) is 2. The van der Waals surface area contributed by atoms with Crippen LogP contribution < -0.4 is 0 Å². The fraction of sp³-hybridized carbons (Fsp3) is 0.593. The van der Waals surface area contributed by atoms with Gasteiger partial charge in [0, 0.05) is 5.92 Å². The van der Waals surface area contributed by atoms with Gasteiger partial charge in [-0.2, -0.15) is 0 Å². The van der Waals surface area contributed by atoms with Gasteiger partial charge in [0.15, 0.2) is 0 Å². The lowest BCUT2D eigenvalue weighted by Crippen LogP contribution is -2.23. The number of fused-ring (bicyclic) bond motifs is 1. The maximum atomic E-state index is 12.7. The summed E-state index contributed by atoms with van der Waals surface area (Å²) in [6, 6.07) is 6.39. The summed E-state index contributed by atoms with van der Waals surface area (Å²) in [6.45, 7) is 5.00. The first-order chi connectivity index (χ1) is 14.2. The summed E-state index contributed by atoms with van der Waals surface area (Å²) in [5.41, 5.74) is 6.24. The molecule has 0 radical (unpaired) electrons. The fourth-order valence-corrected chi connectivity index (χ4v) is 4.66. The van der Waals surface area contributed by atoms with Gasteiger partial charge in [-0.05, 0) is 68.9 Å². The van der Waals surface area contributed by atoms with Crippen molar-refractivity contribution in [3.63, 3.8) is 0 Å².